The first-order valence-corrected chi connectivity index (χ1v) is 7.80. The molecule has 1 aliphatic rings. The molecule has 0 unspecified atom stereocenters. The Balaban J connectivity index is 2.36. The predicted molar refractivity (Wildman–Crippen MR) is 74.6 cm³/mol. The molecular weight excluding hydrogens is 262 g/mol. The summed E-state index contributed by atoms with van der Waals surface area (Å²) in [5.41, 5.74) is 5.40. The smallest absolute Gasteiger partial charge is 0.241 e. The van der Waals surface area contributed by atoms with Gasteiger partial charge in [0.05, 0.1) is 10.4 Å². The van der Waals surface area contributed by atoms with Gasteiger partial charge in [0, 0.05) is 0 Å². The van der Waals surface area contributed by atoms with Crippen LogP contribution in [0.5, 0.6) is 0 Å². The zero-order valence-corrected chi connectivity index (χ0v) is 11.8. The van der Waals surface area contributed by atoms with Crippen LogP contribution in [0.15, 0.2) is 29.2 Å². The molecule has 6 heteroatoms. The van der Waals surface area contributed by atoms with E-state index in [1.54, 1.807) is 31.2 Å². The minimum Gasteiger partial charge on any atom is -0.386 e. The number of hydrogen-bond acceptors (Lipinski definition) is 3. The standard InChI is InChI=1S/C13H19N3O2S/c1-10-6-2-3-7-11(10)19(17,18)16-13(12(14)15)8-4-5-9-13/h2-3,6-7,16H,4-5,8-9H2,1H3,(H3,14,15). The van der Waals surface area contributed by atoms with Gasteiger partial charge in [0.15, 0.2) is 0 Å². The molecule has 0 saturated heterocycles. The van der Waals surface area contributed by atoms with E-state index < -0.39 is 15.6 Å². The monoisotopic (exact) mass is 281 g/mol. The van der Waals surface area contributed by atoms with Crippen molar-refractivity contribution >= 4 is 15.9 Å². The highest BCUT2D eigenvalue weighted by Crippen LogP contribution is 2.31. The maximum atomic E-state index is 12.5. The lowest BCUT2D eigenvalue weighted by Crippen LogP contribution is -2.55. The first-order valence-electron chi connectivity index (χ1n) is 6.31. The van der Waals surface area contributed by atoms with E-state index in [4.69, 9.17) is 11.1 Å². The lowest BCUT2D eigenvalue weighted by atomic mass is 9.98. The Morgan fingerprint density at radius 3 is 2.42 bits per heavy atom. The normalized spacial score (nSPS) is 18.4. The summed E-state index contributed by atoms with van der Waals surface area (Å²) in [4.78, 5) is 0.252. The van der Waals surface area contributed by atoms with Crippen molar-refractivity contribution in [3.8, 4) is 0 Å². The number of nitrogens with two attached hydrogens (primary N) is 1. The Labute approximate surface area is 113 Å². The molecule has 0 aliphatic heterocycles. The molecule has 2 rings (SSSR count). The van der Waals surface area contributed by atoms with Crippen molar-refractivity contribution in [2.75, 3.05) is 0 Å². The highest BCUT2D eigenvalue weighted by atomic mass is 32.2. The van der Waals surface area contributed by atoms with Gasteiger partial charge >= 0.3 is 0 Å². The molecule has 0 atom stereocenters. The molecule has 1 aliphatic carbocycles. The van der Waals surface area contributed by atoms with Crippen molar-refractivity contribution < 1.29 is 8.42 Å². The van der Waals surface area contributed by atoms with Gasteiger partial charge in [0.1, 0.15) is 5.84 Å². The summed E-state index contributed by atoms with van der Waals surface area (Å²) < 4.78 is 27.6. The predicted octanol–water partition coefficient (Wildman–Crippen LogP) is 1.52. The fourth-order valence-electron chi connectivity index (χ4n) is 2.58. The number of hydrogen-bond donors (Lipinski definition) is 3. The molecule has 104 valence electrons. The van der Waals surface area contributed by atoms with Crippen molar-refractivity contribution in [1.29, 1.82) is 5.41 Å². The SMILES string of the molecule is Cc1ccccc1S(=O)(=O)NC1(C(=N)N)CCCC1. The molecule has 0 spiro atoms. The molecule has 0 bridgehead atoms. The van der Waals surface area contributed by atoms with Crippen molar-refractivity contribution in [2.24, 2.45) is 5.73 Å². The number of amidine groups is 1. The summed E-state index contributed by atoms with van der Waals surface area (Å²) in [7, 11) is -3.65. The van der Waals surface area contributed by atoms with Gasteiger partial charge in [-0.05, 0) is 31.4 Å². The van der Waals surface area contributed by atoms with Crippen molar-refractivity contribution in [1.82, 2.24) is 4.72 Å². The van der Waals surface area contributed by atoms with Gasteiger partial charge in [0.2, 0.25) is 10.0 Å². The zero-order chi connectivity index (χ0) is 14.1. The first-order chi connectivity index (χ1) is 8.87. The van der Waals surface area contributed by atoms with Crippen LogP contribution >= 0.6 is 0 Å². The Kier molecular flexibility index (Phi) is 3.64. The molecule has 0 amide bonds. The van der Waals surface area contributed by atoms with Crippen LogP contribution in [0.4, 0.5) is 0 Å². The van der Waals surface area contributed by atoms with Crippen LogP contribution in [-0.4, -0.2) is 19.8 Å². The third-order valence-corrected chi connectivity index (χ3v) is 5.38. The molecule has 0 radical (unpaired) electrons. The lowest BCUT2D eigenvalue weighted by Gasteiger charge is -2.28. The third-order valence-electron chi connectivity index (χ3n) is 3.69. The van der Waals surface area contributed by atoms with Gasteiger partial charge in [-0.25, -0.2) is 8.42 Å². The van der Waals surface area contributed by atoms with Crippen molar-refractivity contribution in [3.63, 3.8) is 0 Å². The lowest BCUT2D eigenvalue weighted by molar-refractivity contribution is 0.496. The number of sulfonamides is 1. The van der Waals surface area contributed by atoms with Gasteiger partial charge < -0.3 is 5.73 Å². The molecule has 0 aromatic heterocycles. The van der Waals surface area contributed by atoms with E-state index in [0.29, 0.717) is 18.4 Å². The molecule has 1 aromatic carbocycles. The topological polar surface area (TPSA) is 96.0 Å². The van der Waals surface area contributed by atoms with Gasteiger partial charge in [-0.1, -0.05) is 31.0 Å². The molecule has 5 nitrogen and oxygen atoms in total. The van der Waals surface area contributed by atoms with Crippen LogP contribution in [0.1, 0.15) is 31.2 Å². The van der Waals surface area contributed by atoms with E-state index in [2.05, 4.69) is 4.72 Å². The van der Waals surface area contributed by atoms with Gasteiger partial charge in [-0.15, -0.1) is 0 Å². The molecule has 1 fully saturated rings. The van der Waals surface area contributed by atoms with E-state index in [1.165, 1.54) is 0 Å². The zero-order valence-electron chi connectivity index (χ0n) is 10.9. The summed E-state index contributed by atoms with van der Waals surface area (Å²) in [6.45, 7) is 1.75. The second-order valence-corrected chi connectivity index (χ2v) is 6.72. The fourth-order valence-corrected chi connectivity index (χ4v) is 4.26. The van der Waals surface area contributed by atoms with Crippen LogP contribution < -0.4 is 10.5 Å². The Morgan fingerprint density at radius 1 is 1.32 bits per heavy atom. The van der Waals surface area contributed by atoms with E-state index >= 15 is 0 Å². The maximum Gasteiger partial charge on any atom is 0.241 e. The molecular formula is C13H19N3O2S. The molecule has 1 saturated carbocycles. The second kappa shape index (κ2) is 4.94. The van der Waals surface area contributed by atoms with Crippen LogP contribution in [-0.2, 0) is 10.0 Å². The number of rotatable bonds is 4. The highest BCUT2D eigenvalue weighted by Gasteiger charge is 2.41. The molecule has 0 heterocycles. The quantitative estimate of drug-likeness (QED) is 0.576. The number of aryl methyl sites for hydroxylation is 1. The minimum atomic E-state index is -3.65. The van der Waals surface area contributed by atoms with E-state index in [0.717, 1.165) is 12.8 Å². The highest BCUT2D eigenvalue weighted by molar-refractivity contribution is 7.89. The van der Waals surface area contributed by atoms with Gasteiger partial charge in [0.25, 0.3) is 0 Å². The summed E-state index contributed by atoms with van der Waals surface area (Å²) >= 11 is 0. The van der Waals surface area contributed by atoms with Crippen molar-refractivity contribution in [2.45, 2.75) is 43.0 Å². The largest absolute Gasteiger partial charge is 0.386 e. The average Bonchev–Trinajstić information content (AvgIpc) is 2.78. The van der Waals surface area contributed by atoms with Crippen LogP contribution in [0.3, 0.4) is 0 Å². The van der Waals surface area contributed by atoms with Gasteiger partial charge in [-0.2, -0.15) is 4.72 Å². The van der Waals surface area contributed by atoms with Crippen LogP contribution in [0.25, 0.3) is 0 Å². The van der Waals surface area contributed by atoms with Crippen molar-refractivity contribution in [3.05, 3.63) is 29.8 Å². The summed E-state index contributed by atoms with van der Waals surface area (Å²) in [5.74, 6) is -0.0952. The summed E-state index contributed by atoms with van der Waals surface area (Å²) in [6, 6.07) is 6.81. The molecule has 19 heavy (non-hydrogen) atoms. The number of nitrogens with one attached hydrogen (secondary N) is 2. The second-order valence-electron chi connectivity index (χ2n) is 5.07. The maximum absolute atomic E-state index is 12.5. The summed E-state index contributed by atoms with van der Waals surface area (Å²) in [6.07, 6.45) is 2.95. The minimum absolute atomic E-state index is 0.0952. The first kappa shape index (κ1) is 14.0. The Hall–Kier alpha value is -1.40. The average molecular weight is 281 g/mol. The Bertz CT molecular complexity index is 590. The number of benzene rings is 1. The Morgan fingerprint density at radius 2 is 1.89 bits per heavy atom. The van der Waals surface area contributed by atoms with Crippen LogP contribution in [0, 0.1) is 12.3 Å². The molecule has 4 N–H and O–H groups in total. The third kappa shape index (κ3) is 2.64. The van der Waals surface area contributed by atoms with E-state index in [-0.39, 0.29) is 10.7 Å². The fraction of sp³-hybridized carbons (Fsp3) is 0.462. The molecule has 1 aromatic rings. The summed E-state index contributed by atoms with van der Waals surface area (Å²) in [5, 5.41) is 7.69. The van der Waals surface area contributed by atoms with Crippen LogP contribution in [0.2, 0.25) is 0 Å². The van der Waals surface area contributed by atoms with Gasteiger partial charge in [-0.3, -0.25) is 5.41 Å². The van der Waals surface area contributed by atoms with E-state index in [9.17, 15) is 8.42 Å². The van der Waals surface area contributed by atoms with E-state index in [1.807, 2.05) is 0 Å².